The highest BCUT2D eigenvalue weighted by Crippen LogP contribution is 2.34. The zero-order chi connectivity index (χ0) is 18.8. The molecule has 2 aromatic heterocycles. The van der Waals surface area contributed by atoms with Gasteiger partial charge in [-0.3, -0.25) is 4.79 Å². The van der Waals surface area contributed by atoms with Crippen LogP contribution in [-0.4, -0.2) is 17.6 Å². The highest BCUT2D eigenvalue weighted by molar-refractivity contribution is 7.09. The van der Waals surface area contributed by atoms with Gasteiger partial charge in [0.2, 0.25) is 0 Å². The molecule has 5 heteroatoms. The number of hydrogen-bond donors (Lipinski definition) is 1. The van der Waals surface area contributed by atoms with E-state index in [0.29, 0.717) is 5.56 Å². The third-order valence-electron chi connectivity index (χ3n) is 4.88. The Hall–Kier alpha value is -2.53. The molecule has 3 aromatic rings. The van der Waals surface area contributed by atoms with Crippen molar-refractivity contribution in [3.63, 3.8) is 0 Å². The molecule has 0 saturated heterocycles. The summed E-state index contributed by atoms with van der Waals surface area (Å²) in [7, 11) is 1.66. The van der Waals surface area contributed by atoms with Crippen molar-refractivity contribution in [3.05, 3.63) is 63.1 Å². The number of aryl methyl sites for hydroxylation is 2. The molecule has 0 aliphatic heterocycles. The summed E-state index contributed by atoms with van der Waals surface area (Å²) in [4.78, 5) is 13.5. The third kappa shape index (κ3) is 3.27. The molecule has 4 nitrogen and oxygen atoms in total. The number of carbonyl (C=O) groups excluding carboxylic acids is 1. The lowest BCUT2D eigenvalue weighted by molar-refractivity contribution is 0.1000. The SMILES string of the molecule is COc1ccc(-c2c(C(N)=O)c(C)n(CCc3cccs3)c2C)cc1C. The van der Waals surface area contributed by atoms with E-state index in [-0.39, 0.29) is 5.91 Å². The average molecular weight is 369 g/mol. The zero-order valence-electron chi connectivity index (χ0n) is 15.6. The fourth-order valence-electron chi connectivity index (χ4n) is 3.58. The maximum atomic E-state index is 12.2. The summed E-state index contributed by atoms with van der Waals surface area (Å²) in [5.74, 6) is 0.449. The smallest absolute Gasteiger partial charge is 0.251 e. The molecule has 136 valence electrons. The predicted molar refractivity (Wildman–Crippen MR) is 107 cm³/mol. The Bertz CT molecular complexity index is 940. The van der Waals surface area contributed by atoms with E-state index in [4.69, 9.17) is 10.5 Å². The third-order valence-corrected chi connectivity index (χ3v) is 5.81. The molecule has 0 spiro atoms. The number of amides is 1. The molecule has 26 heavy (non-hydrogen) atoms. The first-order valence-corrected chi connectivity index (χ1v) is 9.49. The second-order valence-corrected chi connectivity index (χ2v) is 7.48. The maximum Gasteiger partial charge on any atom is 0.251 e. The Morgan fingerprint density at radius 3 is 2.54 bits per heavy atom. The van der Waals surface area contributed by atoms with E-state index < -0.39 is 0 Å². The van der Waals surface area contributed by atoms with Gasteiger partial charge in [-0.15, -0.1) is 11.3 Å². The second kappa shape index (κ2) is 7.38. The van der Waals surface area contributed by atoms with Crippen LogP contribution in [0, 0.1) is 20.8 Å². The van der Waals surface area contributed by atoms with Crippen LogP contribution in [0.1, 0.15) is 32.2 Å². The van der Waals surface area contributed by atoms with Gasteiger partial charge in [-0.2, -0.15) is 0 Å². The summed E-state index contributed by atoms with van der Waals surface area (Å²) in [6, 6.07) is 10.2. The Balaban J connectivity index is 2.08. The van der Waals surface area contributed by atoms with Crippen LogP contribution in [0.3, 0.4) is 0 Å². The average Bonchev–Trinajstić information content (AvgIpc) is 3.20. The molecule has 1 amide bonds. The van der Waals surface area contributed by atoms with Crippen LogP contribution in [0.15, 0.2) is 35.7 Å². The van der Waals surface area contributed by atoms with Crippen LogP contribution in [0.2, 0.25) is 0 Å². The van der Waals surface area contributed by atoms with E-state index in [9.17, 15) is 4.79 Å². The van der Waals surface area contributed by atoms with Gasteiger partial charge in [0, 0.05) is 28.4 Å². The monoisotopic (exact) mass is 368 g/mol. The van der Waals surface area contributed by atoms with Gasteiger partial charge in [0.05, 0.1) is 12.7 Å². The van der Waals surface area contributed by atoms with Gasteiger partial charge in [0.25, 0.3) is 5.91 Å². The Labute approximate surface area is 158 Å². The zero-order valence-corrected chi connectivity index (χ0v) is 16.4. The minimum atomic E-state index is -0.385. The van der Waals surface area contributed by atoms with E-state index in [0.717, 1.165) is 46.8 Å². The summed E-state index contributed by atoms with van der Waals surface area (Å²) in [5.41, 5.74) is 11.3. The predicted octanol–water partition coefficient (Wildman–Crippen LogP) is 4.49. The van der Waals surface area contributed by atoms with Gasteiger partial charge in [-0.1, -0.05) is 12.1 Å². The normalized spacial score (nSPS) is 10.9. The molecular weight excluding hydrogens is 344 g/mol. The first kappa shape index (κ1) is 18.3. The number of ether oxygens (including phenoxy) is 1. The van der Waals surface area contributed by atoms with Crippen LogP contribution in [-0.2, 0) is 13.0 Å². The molecule has 1 aromatic carbocycles. The fraction of sp³-hybridized carbons (Fsp3) is 0.286. The summed E-state index contributed by atoms with van der Waals surface area (Å²) in [6.45, 7) is 6.86. The van der Waals surface area contributed by atoms with Gasteiger partial charge in [-0.25, -0.2) is 0 Å². The largest absolute Gasteiger partial charge is 0.496 e. The van der Waals surface area contributed by atoms with E-state index in [1.165, 1.54) is 4.88 Å². The Morgan fingerprint density at radius 2 is 1.96 bits per heavy atom. The topological polar surface area (TPSA) is 57.2 Å². The van der Waals surface area contributed by atoms with Gasteiger partial charge in [0.1, 0.15) is 5.75 Å². The number of benzene rings is 1. The van der Waals surface area contributed by atoms with E-state index in [1.807, 2.05) is 26.0 Å². The number of thiophene rings is 1. The molecule has 0 fully saturated rings. The first-order valence-electron chi connectivity index (χ1n) is 8.61. The van der Waals surface area contributed by atoms with Crippen LogP contribution in [0.5, 0.6) is 5.75 Å². The molecule has 0 saturated carbocycles. The van der Waals surface area contributed by atoms with Crippen molar-refractivity contribution in [3.8, 4) is 16.9 Å². The Morgan fingerprint density at radius 1 is 1.19 bits per heavy atom. The van der Waals surface area contributed by atoms with Crippen molar-refractivity contribution < 1.29 is 9.53 Å². The first-order chi connectivity index (χ1) is 12.4. The van der Waals surface area contributed by atoms with E-state index in [1.54, 1.807) is 18.4 Å². The molecule has 0 radical (unpaired) electrons. The van der Waals surface area contributed by atoms with Crippen molar-refractivity contribution in [2.45, 2.75) is 33.7 Å². The lowest BCUT2D eigenvalue weighted by Crippen LogP contribution is -2.13. The number of methoxy groups -OCH3 is 1. The molecule has 0 aliphatic carbocycles. The van der Waals surface area contributed by atoms with Gasteiger partial charge >= 0.3 is 0 Å². The minimum Gasteiger partial charge on any atom is -0.496 e. The molecule has 0 aliphatic rings. The highest BCUT2D eigenvalue weighted by atomic mass is 32.1. The van der Waals surface area contributed by atoms with E-state index >= 15 is 0 Å². The summed E-state index contributed by atoms with van der Waals surface area (Å²) in [6.07, 6.45) is 0.938. The number of carbonyl (C=O) groups is 1. The lowest BCUT2D eigenvalue weighted by atomic mass is 9.98. The van der Waals surface area contributed by atoms with Gasteiger partial charge in [-0.05, 0) is 61.9 Å². The summed E-state index contributed by atoms with van der Waals surface area (Å²) < 4.78 is 7.56. The number of hydrogen-bond acceptors (Lipinski definition) is 3. The minimum absolute atomic E-state index is 0.385. The van der Waals surface area contributed by atoms with Crippen LogP contribution in [0.25, 0.3) is 11.1 Å². The van der Waals surface area contributed by atoms with Crippen LogP contribution >= 0.6 is 11.3 Å². The number of aromatic nitrogens is 1. The molecule has 0 atom stereocenters. The van der Waals surface area contributed by atoms with Crippen molar-refractivity contribution >= 4 is 17.2 Å². The number of nitrogens with two attached hydrogens (primary N) is 1. The van der Waals surface area contributed by atoms with Crippen LogP contribution < -0.4 is 10.5 Å². The van der Waals surface area contributed by atoms with Gasteiger partial charge in [0.15, 0.2) is 0 Å². The van der Waals surface area contributed by atoms with Crippen molar-refractivity contribution in [1.82, 2.24) is 4.57 Å². The van der Waals surface area contributed by atoms with E-state index in [2.05, 4.69) is 35.1 Å². The Kier molecular flexibility index (Phi) is 5.18. The van der Waals surface area contributed by atoms with Crippen molar-refractivity contribution in [2.75, 3.05) is 7.11 Å². The van der Waals surface area contributed by atoms with Gasteiger partial charge < -0.3 is 15.0 Å². The number of rotatable bonds is 6. The summed E-state index contributed by atoms with van der Waals surface area (Å²) >= 11 is 1.75. The van der Waals surface area contributed by atoms with Crippen molar-refractivity contribution in [2.24, 2.45) is 5.73 Å². The molecule has 0 bridgehead atoms. The van der Waals surface area contributed by atoms with Crippen molar-refractivity contribution in [1.29, 1.82) is 0 Å². The lowest BCUT2D eigenvalue weighted by Gasteiger charge is -2.10. The fourth-order valence-corrected chi connectivity index (χ4v) is 4.28. The highest BCUT2D eigenvalue weighted by Gasteiger charge is 2.23. The number of primary amides is 1. The number of nitrogens with zero attached hydrogens (tertiary/aromatic N) is 1. The molecule has 0 unspecified atom stereocenters. The van der Waals surface area contributed by atoms with Crippen LogP contribution in [0.4, 0.5) is 0 Å². The maximum absolute atomic E-state index is 12.2. The molecular formula is C21H24N2O2S. The standard InChI is InChI=1S/C21H24N2O2S/c1-13-12-16(7-8-18(13)25-4)19-14(2)23(15(3)20(19)21(22)24)10-9-17-6-5-11-26-17/h5-8,11-12H,9-10H2,1-4H3,(H2,22,24). The molecule has 2 N–H and O–H groups in total. The second-order valence-electron chi connectivity index (χ2n) is 6.45. The summed E-state index contributed by atoms with van der Waals surface area (Å²) in [5, 5.41) is 2.09. The molecule has 3 rings (SSSR count). The quantitative estimate of drug-likeness (QED) is 0.697. The molecule has 2 heterocycles.